The predicted molar refractivity (Wildman–Crippen MR) is 123 cm³/mol. The SMILES string of the molecule is CC(O)=C1C(=O)c2c(Cl)cccc2N(C2CCCC(CNC(=O)c3ccccc3)C2)C1=O. The Morgan fingerprint density at radius 3 is 2.59 bits per heavy atom. The molecular formula is C25H25ClN2O4. The maximum absolute atomic E-state index is 13.3. The largest absolute Gasteiger partial charge is 0.512 e. The number of halogens is 1. The summed E-state index contributed by atoms with van der Waals surface area (Å²) in [6.07, 6.45) is 3.28. The van der Waals surface area contributed by atoms with Crippen LogP contribution in [0, 0.1) is 5.92 Å². The van der Waals surface area contributed by atoms with Gasteiger partial charge in [-0.1, -0.05) is 42.3 Å². The first-order chi connectivity index (χ1) is 15.4. The number of ketones is 1. The molecule has 4 rings (SSSR count). The molecule has 0 bridgehead atoms. The van der Waals surface area contributed by atoms with Crippen molar-refractivity contribution in [2.45, 2.75) is 38.6 Å². The van der Waals surface area contributed by atoms with Crippen molar-refractivity contribution in [2.75, 3.05) is 11.4 Å². The van der Waals surface area contributed by atoms with E-state index in [1.165, 1.54) is 6.92 Å². The van der Waals surface area contributed by atoms with E-state index in [1.807, 2.05) is 18.2 Å². The van der Waals surface area contributed by atoms with Crippen LogP contribution in [0.25, 0.3) is 0 Å². The van der Waals surface area contributed by atoms with Gasteiger partial charge in [-0.2, -0.15) is 0 Å². The van der Waals surface area contributed by atoms with E-state index in [9.17, 15) is 19.5 Å². The third-order valence-corrected chi connectivity index (χ3v) is 6.52. The first kappa shape index (κ1) is 22.1. The van der Waals surface area contributed by atoms with Gasteiger partial charge in [0.15, 0.2) is 0 Å². The van der Waals surface area contributed by atoms with Crippen molar-refractivity contribution in [1.29, 1.82) is 0 Å². The molecule has 1 heterocycles. The first-order valence-corrected chi connectivity index (χ1v) is 11.2. The number of aliphatic hydroxyl groups excluding tert-OH is 1. The number of carbonyl (C=O) groups is 3. The normalized spacial score (nSPS) is 22.4. The van der Waals surface area contributed by atoms with Crippen molar-refractivity contribution in [3.63, 3.8) is 0 Å². The van der Waals surface area contributed by atoms with Crippen molar-refractivity contribution in [2.24, 2.45) is 5.92 Å². The fraction of sp³-hybridized carbons (Fsp3) is 0.320. The number of rotatable bonds is 4. The molecule has 0 spiro atoms. The fourth-order valence-corrected chi connectivity index (χ4v) is 4.94. The second-order valence-corrected chi connectivity index (χ2v) is 8.77. The molecule has 2 aromatic carbocycles. The number of allylic oxidation sites excluding steroid dienone is 1. The van der Waals surface area contributed by atoms with E-state index in [2.05, 4.69) is 5.32 Å². The Hall–Kier alpha value is -3.12. The van der Waals surface area contributed by atoms with Crippen molar-refractivity contribution in [3.05, 3.63) is 76.0 Å². The highest BCUT2D eigenvalue weighted by Gasteiger charge is 2.42. The second kappa shape index (κ2) is 9.17. The first-order valence-electron chi connectivity index (χ1n) is 10.8. The van der Waals surface area contributed by atoms with Gasteiger partial charge in [0.25, 0.3) is 11.8 Å². The minimum atomic E-state index is -0.547. The quantitative estimate of drug-likeness (QED) is 0.400. The smallest absolute Gasteiger partial charge is 0.265 e. The van der Waals surface area contributed by atoms with Gasteiger partial charge >= 0.3 is 0 Å². The molecule has 0 radical (unpaired) electrons. The number of hydrogen-bond acceptors (Lipinski definition) is 4. The number of benzene rings is 2. The van der Waals surface area contributed by atoms with Gasteiger partial charge in [0, 0.05) is 18.2 Å². The lowest BCUT2D eigenvalue weighted by Crippen LogP contribution is -2.49. The number of nitrogens with one attached hydrogen (secondary N) is 1. The highest BCUT2D eigenvalue weighted by atomic mass is 35.5. The molecule has 1 saturated carbocycles. The minimum absolute atomic E-state index is 0.120. The Morgan fingerprint density at radius 2 is 1.88 bits per heavy atom. The molecule has 2 N–H and O–H groups in total. The Balaban J connectivity index is 1.56. The fourth-order valence-electron chi connectivity index (χ4n) is 4.68. The molecule has 1 aliphatic heterocycles. The van der Waals surface area contributed by atoms with Gasteiger partial charge in [-0.3, -0.25) is 14.4 Å². The van der Waals surface area contributed by atoms with Gasteiger partial charge in [-0.15, -0.1) is 0 Å². The maximum Gasteiger partial charge on any atom is 0.265 e. The second-order valence-electron chi connectivity index (χ2n) is 8.36. The lowest BCUT2D eigenvalue weighted by Gasteiger charge is -2.40. The van der Waals surface area contributed by atoms with Crippen LogP contribution in [0.5, 0.6) is 0 Å². The third-order valence-electron chi connectivity index (χ3n) is 6.21. The topological polar surface area (TPSA) is 86.7 Å². The summed E-state index contributed by atoms with van der Waals surface area (Å²) in [5.41, 5.74) is 1.11. The van der Waals surface area contributed by atoms with Gasteiger partial charge in [0.2, 0.25) is 5.78 Å². The van der Waals surface area contributed by atoms with E-state index in [0.29, 0.717) is 24.2 Å². The summed E-state index contributed by atoms with van der Waals surface area (Å²) in [5.74, 6) is -1.28. The summed E-state index contributed by atoms with van der Waals surface area (Å²) in [6, 6.07) is 14.0. The van der Waals surface area contributed by atoms with E-state index in [0.717, 1.165) is 19.3 Å². The van der Waals surface area contributed by atoms with Gasteiger partial charge in [-0.05, 0) is 56.4 Å². The Kier molecular flexibility index (Phi) is 6.33. The average Bonchev–Trinajstić information content (AvgIpc) is 2.78. The van der Waals surface area contributed by atoms with Crippen LogP contribution in [0.15, 0.2) is 59.9 Å². The molecule has 0 aromatic heterocycles. The summed E-state index contributed by atoms with van der Waals surface area (Å²) in [6.45, 7) is 1.85. The monoisotopic (exact) mass is 452 g/mol. The summed E-state index contributed by atoms with van der Waals surface area (Å²) >= 11 is 6.32. The zero-order chi connectivity index (χ0) is 22.8. The van der Waals surface area contributed by atoms with E-state index in [-0.39, 0.29) is 39.8 Å². The van der Waals surface area contributed by atoms with Gasteiger partial charge in [-0.25, -0.2) is 0 Å². The number of aliphatic hydroxyl groups is 1. The van der Waals surface area contributed by atoms with Crippen molar-refractivity contribution in [1.82, 2.24) is 5.32 Å². The van der Waals surface area contributed by atoms with Crippen LogP contribution < -0.4 is 10.2 Å². The number of amides is 2. The van der Waals surface area contributed by atoms with Crippen LogP contribution in [0.3, 0.4) is 0 Å². The summed E-state index contributed by atoms with van der Waals surface area (Å²) in [7, 11) is 0. The number of carbonyl (C=O) groups excluding carboxylic acids is 3. The molecule has 6 nitrogen and oxygen atoms in total. The molecule has 1 fully saturated rings. The van der Waals surface area contributed by atoms with Crippen LogP contribution >= 0.6 is 11.6 Å². The lowest BCUT2D eigenvalue weighted by molar-refractivity contribution is -0.115. The zero-order valence-corrected chi connectivity index (χ0v) is 18.6. The van der Waals surface area contributed by atoms with Crippen LogP contribution in [0.1, 0.15) is 53.3 Å². The maximum atomic E-state index is 13.3. The Bertz CT molecular complexity index is 1090. The molecule has 1 aliphatic carbocycles. The molecular weight excluding hydrogens is 428 g/mol. The zero-order valence-electron chi connectivity index (χ0n) is 17.8. The molecule has 32 heavy (non-hydrogen) atoms. The van der Waals surface area contributed by atoms with Gasteiger partial charge in [0.1, 0.15) is 11.3 Å². The van der Waals surface area contributed by atoms with Crippen molar-refractivity contribution >= 4 is 34.9 Å². The summed E-state index contributed by atoms with van der Waals surface area (Å²) in [4.78, 5) is 40.2. The van der Waals surface area contributed by atoms with E-state index >= 15 is 0 Å². The molecule has 166 valence electrons. The van der Waals surface area contributed by atoms with E-state index in [4.69, 9.17) is 11.6 Å². The van der Waals surface area contributed by atoms with E-state index in [1.54, 1.807) is 35.2 Å². The van der Waals surface area contributed by atoms with Crippen molar-refractivity contribution in [3.8, 4) is 0 Å². The number of hydrogen-bond donors (Lipinski definition) is 2. The highest BCUT2D eigenvalue weighted by Crippen LogP contribution is 2.40. The van der Waals surface area contributed by atoms with Gasteiger partial charge < -0.3 is 15.3 Å². The van der Waals surface area contributed by atoms with Crippen molar-refractivity contribution < 1.29 is 19.5 Å². The van der Waals surface area contributed by atoms with E-state index < -0.39 is 11.7 Å². The average molecular weight is 453 g/mol. The number of nitrogens with zero attached hydrogens (tertiary/aromatic N) is 1. The van der Waals surface area contributed by atoms with Crippen LogP contribution in [0.2, 0.25) is 5.02 Å². The Labute approximate surface area is 191 Å². The summed E-state index contributed by atoms with van der Waals surface area (Å²) in [5, 5.41) is 13.3. The molecule has 2 aromatic rings. The third kappa shape index (κ3) is 4.15. The summed E-state index contributed by atoms with van der Waals surface area (Å²) < 4.78 is 0. The molecule has 7 heteroatoms. The standard InChI is InChI=1S/C25H25ClN2O4/c1-15(29)21-23(30)22-19(26)11-6-12-20(22)28(25(21)32)18-10-5-7-16(13-18)14-27-24(31)17-8-3-2-4-9-17/h2-4,6,8-9,11-12,16,18,29H,5,7,10,13-14H2,1H3,(H,27,31). The Morgan fingerprint density at radius 1 is 1.12 bits per heavy atom. The lowest BCUT2D eigenvalue weighted by atomic mass is 9.82. The highest BCUT2D eigenvalue weighted by molar-refractivity contribution is 6.42. The van der Waals surface area contributed by atoms with Crippen LogP contribution in [0.4, 0.5) is 5.69 Å². The number of Topliss-reactive ketones (excluding diaryl/α,β-unsaturated/α-hetero) is 1. The molecule has 2 amide bonds. The predicted octanol–water partition coefficient (Wildman–Crippen LogP) is 4.69. The molecule has 2 atom stereocenters. The van der Waals surface area contributed by atoms with Crippen LogP contribution in [-0.2, 0) is 4.79 Å². The number of anilines is 1. The minimum Gasteiger partial charge on any atom is -0.512 e. The molecule has 2 aliphatic rings. The van der Waals surface area contributed by atoms with Crippen LogP contribution in [-0.4, -0.2) is 35.3 Å². The number of fused-ring (bicyclic) bond motifs is 1. The molecule has 0 saturated heterocycles. The molecule has 2 unspecified atom stereocenters. The van der Waals surface area contributed by atoms with Gasteiger partial charge in [0.05, 0.1) is 16.3 Å².